The van der Waals surface area contributed by atoms with Crippen molar-refractivity contribution in [1.29, 1.82) is 0 Å². The molecule has 1 N–H and O–H groups in total. The van der Waals surface area contributed by atoms with Crippen LogP contribution in [-0.4, -0.2) is 37.0 Å². The zero-order chi connectivity index (χ0) is 27.8. The first kappa shape index (κ1) is 35.8. The zero-order valence-electron chi connectivity index (χ0n) is 24.4. The van der Waals surface area contributed by atoms with E-state index in [0.717, 1.165) is 64.2 Å². The topological polar surface area (TPSA) is 55.8 Å². The fourth-order valence-electron chi connectivity index (χ4n) is 3.57. The van der Waals surface area contributed by atoms with E-state index in [9.17, 15) is 9.90 Å². The van der Waals surface area contributed by atoms with Crippen LogP contribution in [0.1, 0.15) is 110 Å². The second kappa shape index (κ2) is 31.1. The second-order valence-electron chi connectivity index (χ2n) is 9.43. The Kier molecular flexibility index (Phi) is 29.3. The van der Waals surface area contributed by atoms with Crippen molar-refractivity contribution in [3.8, 4) is 0 Å². The first-order chi connectivity index (χ1) is 18.7. The van der Waals surface area contributed by atoms with Crippen molar-refractivity contribution in [2.45, 2.75) is 116 Å². The molecule has 0 rings (SSSR count). The predicted molar refractivity (Wildman–Crippen MR) is 163 cm³/mol. The molecule has 0 fully saturated rings. The van der Waals surface area contributed by atoms with Crippen molar-refractivity contribution in [3.05, 3.63) is 72.9 Å². The number of hydrogen-bond acceptors (Lipinski definition) is 4. The average Bonchev–Trinajstić information content (AvgIpc) is 2.92. The summed E-state index contributed by atoms with van der Waals surface area (Å²) in [6.45, 7) is 4.92. The summed E-state index contributed by atoms with van der Waals surface area (Å²) in [6, 6.07) is 0. The summed E-state index contributed by atoms with van der Waals surface area (Å²) < 4.78 is 10.9. The molecule has 4 nitrogen and oxygen atoms in total. The second-order valence-corrected chi connectivity index (χ2v) is 9.43. The SMILES string of the molecule is CC/C=C\C/C=C\C/C=C\C/C=C\C/C=C\CCOCC(CO)OC(=O)CCCCCCC/C=C\CCC. The van der Waals surface area contributed by atoms with Gasteiger partial charge in [-0.05, 0) is 64.2 Å². The van der Waals surface area contributed by atoms with Crippen LogP contribution >= 0.6 is 0 Å². The summed E-state index contributed by atoms with van der Waals surface area (Å²) in [6.07, 6.45) is 40.9. The Morgan fingerprint density at radius 2 is 1.18 bits per heavy atom. The van der Waals surface area contributed by atoms with Crippen LogP contribution in [0, 0.1) is 0 Å². The zero-order valence-corrected chi connectivity index (χ0v) is 24.4. The van der Waals surface area contributed by atoms with Gasteiger partial charge in [-0.2, -0.15) is 0 Å². The van der Waals surface area contributed by atoms with E-state index < -0.39 is 6.10 Å². The van der Waals surface area contributed by atoms with E-state index in [2.05, 4.69) is 86.8 Å². The van der Waals surface area contributed by atoms with Crippen LogP contribution in [0.15, 0.2) is 72.9 Å². The molecule has 1 atom stereocenters. The number of esters is 1. The summed E-state index contributed by atoms with van der Waals surface area (Å²) in [5, 5.41) is 9.47. The first-order valence-corrected chi connectivity index (χ1v) is 15.0. The lowest BCUT2D eigenvalue weighted by Gasteiger charge is -2.15. The molecule has 0 aromatic heterocycles. The molecule has 0 aromatic rings. The number of carbonyl (C=O) groups excluding carboxylic acids is 1. The number of aliphatic hydroxyl groups excluding tert-OH is 1. The third-order valence-corrected chi connectivity index (χ3v) is 5.77. The van der Waals surface area contributed by atoms with E-state index in [4.69, 9.17) is 9.47 Å². The first-order valence-electron chi connectivity index (χ1n) is 15.0. The maximum Gasteiger partial charge on any atom is 0.306 e. The number of allylic oxidation sites excluding steroid dienone is 11. The van der Waals surface area contributed by atoms with Crippen molar-refractivity contribution in [3.63, 3.8) is 0 Å². The molecule has 0 aliphatic rings. The molecule has 0 heterocycles. The number of hydrogen-bond donors (Lipinski definition) is 1. The smallest absolute Gasteiger partial charge is 0.306 e. The molecule has 0 aromatic carbocycles. The Morgan fingerprint density at radius 1 is 0.658 bits per heavy atom. The van der Waals surface area contributed by atoms with Gasteiger partial charge < -0.3 is 14.6 Å². The molecule has 0 aliphatic heterocycles. The molecule has 0 bridgehead atoms. The Bertz CT molecular complexity index is 685. The quantitative estimate of drug-likeness (QED) is 0.0691. The van der Waals surface area contributed by atoms with Gasteiger partial charge >= 0.3 is 5.97 Å². The molecule has 216 valence electrons. The number of carbonyl (C=O) groups is 1. The fourth-order valence-corrected chi connectivity index (χ4v) is 3.57. The molecular weight excluding hydrogens is 472 g/mol. The summed E-state index contributed by atoms with van der Waals surface area (Å²) >= 11 is 0. The summed E-state index contributed by atoms with van der Waals surface area (Å²) in [4.78, 5) is 12.0. The third kappa shape index (κ3) is 28.4. The van der Waals surface area contributed by atoms with Gasteiger partial charge in [-0.25, -0.2) is 0 Å². The molecule has 38 heavy (non-hydrogen) atoms. The molecule has 0 aliphatic carbocycles. The van der Waals surface area contributed by atoms with E-state index in [-0.39, 0.29) is 19.2 Å². The van der Waals surface area contributed by atoms with Gasteiger partial charge in [0.05, 0.1) is 19.8 Å². The van der Waals surface area contributed by atoms with E-state index in [1.165, 1.54) is 25.7 Å². The summed E-state index contributed by atoms with van der Waals surface area (Å²) in [7, 11) is 0. The van der Waals surface area contributed by atoms with Crippen molar-refractivity contribution in [2.75, 3.05) is 19.8 Å². The van der Waals surface area contributed by atoms with Crippen LogP contribution in [0.4, 0.5) is 0 Å². The Morgan fingerprint density at radius 3 is 1.79 bits per heavy atom. The van der Waals surface area contributed by atoms with E-state index in [1.807, 2.05) is 0 Å². The Hall–Kier alpha value is -2.17. The number of ether oxygens (including phenoxy) is 2. The number of unbranched alkanes of at least 4 members (excludes halogenated alkanes) is 6. The van der Waals surface area contributed by atoms with Crippen molar-refractivity contribution in [1.82, 2.24) is 0 Å². The van der Waals surface area contributed by atoms with Crippen LogP contribution in [0.2, 0.25) is 0 Å². The van der Waals surface area contributed by atoms with Gasteiger partial charge in [0.1, 0.15) is 6.10 Å². The number of aliphatic hydroxyl groups is 1. The lowest BCUT2D eigenvalue weighted by atomic mass is 10.1. The van der Waals surface area contributed by atoms with Crippen LogP contribution in [-0.2, 0) is 14.3 Å². The van der Waals surface area contributed by atoms with Crippen LogP contribution in [0.5, 0.6) is 0 Å². The Labute approximate surface area is 234 Å². The molecule has 0 radical (unpaired) electrons. The highest BCUT2D eigenvalue weighted by Crippen LogP contribution is 2.09. The van der Waals surface area contributed by atoms with Gasteiger partial charge in [-0.3, -0.25) is 4.79 Å². The molecule has 0 amide bonds. The van der Waals surface area contributed by atoms with Crippen LogP contribution in [0.3, 0.4) is 0 Å². The molecule has 4 heteroatoms. The monoisotopic (exact) mass is 528 g/mol. The van der Waals surface area contributed by atoms with Gasteiger partial charge in [0.15, 0.2) is 0 Å². The highest BCUT2D eigenvalue weighted by Gasteiger charge is 2.13. The van der Waals surface area contributed by atoms with Crippen LogP contribution in [0.25, 0.3) is 0 Å². The molecular formula is C34H56O4. The standard InChI is InChI=1S/C34H56O4/c1-3-5-7-9-11-13-15-16-17-18-19-20-22-24-26-28-30-37-32-33(31-35)38-34(36)29-27-25-23-21-14-12-10-8-6-4-2/h5,7-8,10-11,13,16-17,19-20,24,26,33,35H,3-4,6,9,12,14-15,18,21-23,25,27-32H2,1-2H3/b7-5-,10-8-,13-11-,17-16-,20-19-,26-24-. The normalized spacial score (nSPS) is 13.4. The lowest BCUT2D eigenvalue weighted by molar-refractivity contribution is -0.154. The van der Waals surface area contributed by atoms with E-state index in [0.29, 0.717) is 13.0 Å². The molecule has 0 saturated carbocycles. The maximum atomic E-state index is 12.0. The van der Waals surface area contributed by atoms with Crippen molar-refractivity contribution < 1.29 is 19.4 Å². The average molecular weight is 529 g/mol. The largest absolute Gasteiger partial charge is 0.457 e. The predicted octanol–water partition coefficient (Wildman–Crippen LogP) is 9.14. The number of rotatable bonds is 26. The van der Waals surface area contributed by atoms with Gasteiger partial charge in [0.2, 0.25) is 0 Å². The minimum absolute atomic E-state index is 0.209. The highest BCUT2D eigenvalue weighted by atomic mass is 16.6. The molecule has 0 saturated heterocycles. The van der Waals surface area contributed by atoms with Crippen molar-refractivity contribution >= 4 is 5.97 Å². The Balaban J connectivity index is 3.66. The maximum absolute atomic E-state index is 12.0. The highest BCUT2D eigenvalue weighted by molar-refractivity contribution is 5.69. The van der Waals surface area contributed by atoms with E-state index >= 15 is 0 Å². The van der Waals surface area contributed by atoms with Gasteiger partial charge in [-0.1, -0.05) is 112 Å². The minimum Gasteiger partial charge on any atom is -0.457 e. The lowest BCUT2D eigenvalue weighted by Crippen LogP contribution is -2.27. The van der Waals surface area contributed by atoms with Gasteiger partial charge in [-0.15, -0.1) is 0 Å². The van der Waals surface area contributed by atoms with Gasteiger partial charge in [0.25, 0.3) is 0 Å². The van der Waals surface area contributed by atoms with Crippen LogP contribution < -0.4 is 0 Å². The summed E-state index contributed by atoms with van der Waals surface area (Å²) in [5.41, 5.74) is 0. The van der Waals surface area contributed by atoms with Gasteiger partial charge in [0, 0.05) is 6.42 Å². The van der Waals surface area contributed by atoms with E-state index in [1.54, 1.807) is 0 Å². The molecule has 0 spiro atoms. The fraction of sp³-hybridized carbons (Fsp3) is 0.618. The molecule has 1 unspecified atom stereocenters. The summed E-state index contributed by atoms with van der Waals surface area (Å²) in [5.74, 6) is -0.243. The van der Waals surface area contributed by atoms with Crippen molar-refractivity contribution in [2.24, 2.45) is 0 Å². The third-order valence-electron chi connectivity index (χ3n) is 5.77. The minimum atomic E-state index is -0.578.